The first-order chi connectivity index (χ1) is 8.49. The van der Waals surface area contributed by atoms with Crippen LogP contribution >= 0.6 is 0 Å². The van der Waals surface area contributed by atoms with E-state index in [1.807, 2.05) is 39.0 Å². The highest BCUT2D eigenvalue weighted by Crippen LogP contribution is 2.06. The summed E-state index contributed by atoms with van der Waals surface area (Å²) < 4.78 is 45.8. The molecule has 0 bridgehead atoms. The molecule has 0 fully saturated rings. The van der Waals surface area contributed by atoms with Crippen LogP contribution in [0.5, 0.6) is 0 Å². The topological polar surface area (TPSA) is 32.6 Å². The predicted molar refractivity (Wildman–Crippen MR) is 66.8 cm³/mol. The van der Waals surface area contributed by atoms with E-state index >= 15 is 0 Å². The van der Waals surface area contributed by atoms with Crippen molar-refractivity contribution in [2.24, 2.45) is 0 Å². The van der Waals surface area contributed by atoms with Crippen LogP contribution in [0.2, 0.25) is 0 Å². The number of nitrogens with zero attached hydrogens (tertiary/aromatic N) is 2. The molecule has 4 nitrogen and oxygen atoms in total. The van der Waals surface area contributed by atoms with Crippen LogP contribution in [0.4, 0.5) is 17.3 Å². The van der Waals surface area contributed by atoms with Gasteiger partial charge in [-0.15, -0.1) is 0 Å². The Balaban J connectivity index is 0. The Morgan fingerprint density at radius 1 is 1.26 bits per heavy atom. The van der Waals surface area contributed by atoms with Crippen molar-refractivity contribution in [1.82, 2.24) is 4.90 Å². The second kappa shape index (κ2) is 9.40. The maximum absolute atomic E-state index is 11.4. The van der Waals surface area contributed by atoms with Crippen molar-refractivity contribution in [2.45, 2.75) is 6.92 Å². The molecule has 0 aliphatic rings. The zero-order chi connectivity index (χ0) is 15.6. The Morgan fingerprint density at radius 3 is 1.95 bits per heavy atom. The number of rotatable bonds is 4. The van der Waals surface area contributed by atoms with Crippen molar-refractivity contribution in [3.8, 4) is 0 Å². The largest absolute Gasteiger partial charge is 0.673 e. The average Bonchev–Trinajstić information content (AvgIpc) is 2.14. The van der Waals surface area contributed by atoms with Crippen LogP contribution in [0.25, 0.3) is 0 Å². The third kappa shape index (κ3) is 16.5. The summed E-state index contributed by atoms with van der Waals surface area (Å²) in [4.78, 5) is 13.2. The highest BCUT2D eigenvalue weighted by Gasteiger charge is 2.20. The fourth-order valence-corrected chi connectivity index (χ4v) is 0.824. The lowest BCUT2D eigenvalue weighted by atomic mass is 10.3. The fourth-order valence-electron chi connectivity index (χ4n) is 0.824. The minimum absolute atomic E-state index is 0.296. The van der Waals surface area contributed by atoms with Gasteiger partial charge >= 0.3 is 13.2 Å². The summed E-state index contributed by atoms with van der Waals surface area (Å²) in [7, 11) is 1.42. The zero-order valence-corrected chi connectivity index (χ0v) is 11.7. The number of likely N-dealkylation sites (N-methyl/N-ethyl adjacent to an activating group) is 1. The summed E-state index contributed by atoms with van der Waals surface area (Å²) in [5, 5.41) is 0. The molecule has 112 valence electrons. The lowest BCUT2D eigenvalue weighted by Crippen LogP contribution is -2.22. The SMILES string of the molecule is CCOC(=O)C(=CC=[N+](C)C)N(C)C.F[B-](F)(F)F. The van der Waals surface area contributed by atoms with Gasteiger partial charge in [0.25, 0.3) is 0 Å². The summed E-state index contributed by atoms with van der Waals surface area (Å²) in [5.74, 6) is -0.296. The van der Waals surface area contributed by atoms with Gasteiger partial charge < -0.3 is 26.9 Å². The summed E-state index contributed by atoms with van der Waals surface area (Å²) in [6.45, 7) is 2.19. The van der Waals surface area contributed by atoms with Crippen molar-refractivity contribution in [1.29, 1.82) is 0 Å². The predicted octanol–water partition coefficient (Wildman–Crippen LogP) is 1.64. The molecule has 0 amide bonds. The van der Waals surface area contributed by atoms with Crippen LogP contribution in [-0.2, 0) is 9.53 Å². The molecule has 0 aliphatic carbocycles. The number of hydrogen-bond donors (Lipinski definition) is 0. The zero-order valence-electron chi connectivity index (χ0n) is 11.7. The maximum atomic E-state index is 11.4. The summed E-state index contributed by atoms with van der Waals surface area (Å²) in [6, 6.07) is 0. The standard InChI is InChI=1S/C10H19N2O2.BF4/c1-6-14-10(13)9(12(4)5)7-8-11(2)3;2-1(3,4)5/h7-8H,6H2,1-5H3;/q+1;-1. The molecular formula is C10H19BF4N2O2. The molecule has 0 aromatic rings. The van der Waals surface area contributed by atoms with Gasteiger partial charge in [0.05, 0.1) is 6.61 Å². The van der Waals surface area contributed by atoms with Gasteiger partial charge in [-0.2, -0.15) is 0 Å². The van der Waals surface area contributed by atoms with E-state index in [1.165, 1.54) is 0 Å². The van der Waals surface area contributed by atoms with Crippen LogP contribution in [-0.4, -0.2) is 63.7 Å². The number of carbonyl (C=O) groups excluding carboxylic acids is 1. The first-order valence-corrected chi connectivity index (χ1v) is 5.42. The van der Waals surface area contributed by atoms with Gasteiger partial charge in [0.2, 0.25) is 0 Å². The third-order valence-electron chi connectivity index (χ3n) is 1.50. The van der Waals surface area contributed by atoms with Crippen molar-refractivity contribution in [3.05, 3.63) is 11.8 Å². The average molecular weight is 286 g/mol. The molecule has 9 heteroatoms. The molecule has 0 N–H and O–H groups in total. The van der Waals surface area contributed by atoms with Gasteiger partial charge in [-0.05, 0) is 6.92 Å². The van der Waals surface area contributed by atoms with Crippen molar-refractivity contribution in [2.75, 3.05) is 34.8 Å². The third-order valence-corrected chi connectivity index (χ3v) is 1.50. The molecule has 0 radical (unpaired) electrons. The number of ether oxygens (including phenoxy) is 1. The number of halogens is 4. The van der Waals surface area contributed by atoms with Crippen LogP contribution in [0.1, 0.15) is 6.92 Å². The van der Waals surface area contributed by atoms with Crippen molar-refractivity contribution < 1.29 is 31.4 Å². The molecule has 0 heterocycles. The molecule has 0 aromatic carbocycles. The highest BCUT2D eigenvalue weighted by molar-refractivity contribution is 6.50. The molecule has 0 saturated heterocycles. The van der Waals surface area contributed by atoms with Crippen LogP contribution in [0, 0.1) is 0 Å². The van der Waals surface area contributed by atoms with E-state index in [0.29, 0.717) is 12.3 Å². The van der Waals surface area contributed by atoms with Gasteiger partial charge in [0.1, 0.15) is 19.8 Å². The lowest BCUT2D eigenvalue weighted by Gasteiger charge is -2.14. The molecular weight excluding hydrogens is 267 g/mol. The Bertz CT molecular complexity index is 331. The van der Waals surface area contributed by atoms with Gasteiger partial charge in [0.15, 0.2) is 6.21 Å². The normalized spacial score (nSPS) is 11.1. The molecule has 0 spiro atoms. The van der Waals surface area contributed by atoms with Crippen molar-refractivity contribution >= 4 is 19.4 Å². The smallest absolute Gasteiger partial charge is 0.461 e. The quantitative estimate of drug-likeness (QED) is 0.197. The van der Waals surface area contributed by atoms with Gasteiger partial charge in [0, 0.05) is 20.2 Å². The van der Waals surface area contributed by atoms with Crippen LogP contribution in [0.3, 0.4) is 0 Å². The van der Waals surface area contributed by atoms with E-state index in [2.05, 4.69) is 0 Å². The van der Waals surface area contributed by atoms with Crippen LogP contribution < -0.4 is 0 Å². The molecule has 0 unspecified atom stereocenters. The minimum atomic E-state index is -6.00. The maximum Gasteiger partial charge on any atom is 0.673 e. The fraction of sp³-hybridized carbons (Fsp3) is 0.600. The summed E-state index contributed by atoms with van der Waals surface area (Å²) >= 11 is 0. The summed E-state index contributed by atoms with van der Waals surface area (Å²) in [5.41, 5.74) is 0.542. The van der Waals surface area contributed by atoms with E-state index in [1.54, 1.807) is 17.9 Å². The van der Waals surface area contributed by atoms with Gasteiger partial charge in [-0.3, -0.25) is 0 Å². The Hall–Kier alpha value is -1.54. The Morgan fingerprint density at radius 2 is 1.68 bits per heavy atom. The van der Waals surface area contributed by atoms with Crippen molar-refractivity contribution in [3.63, 3.8) is 0 Å². The van der Waals surface area contributed by atoms with Crippen LogP contribution in [0.15, 0.2) is 11.8 Å². The lowest BCUT2D eigenvalue weighted by molar-refractivity contribution is -0.458. The molecule has 0 aliphatic heterocycles. The van der Waals surface area contributed by atoms with E-state index in [4.69, 9.17) is 4.74 Å². The molecule has 0 aromatic heterocycles. The monoisotopic (exact) mass is 286 g/mol. The van der Waals surface area contributed by atoms with E-state index < -0.39 is 7.25 Å². The second-order valence-corrected chi connectivity index (χ2v) is 3.77. The Labute approximate surface area is 110 Å². The number of esters is 1. The van der Waals surface area contributed by atoms with Gasteiger partial charge in [-0.25, -0.2) is 9.37 Å². The van der Waals surface area contributed by atoms with E-state index in [0.717, 1.165) is 0 Å². The van der Waals surface area contributed by atoms with E-state index in [-0.39, 0.29) is 5.97 Å². The highest BCUT2D eigenvalue weighted by atomic mass is 19.5. The number of carbonyl (C=O) groups is 1. The van der Waals surface area contributed by atoms with Gasteiger partial charge in [-0.1, -0.05) is 0 Å². The first kappa shape index (κ1) is 19.8. The molecule has 0 rings (SSSR count). The molecule has 0 saturated carbocycles. The molecule has 0 atom stereocenters. The Kier molecular flexibility index (Phi) is 9.80. The first-order valence-electron chi connectivity index (χ1n) is 5.42. The number of allylic oxidation sites excluding steroid dienone is 1. The second-order valence-electron chi connectivity index (χ2n) is 3.77. The summed E-state index contributed by atoms with van der Waals surface area (Å²) in [6.07, 6.45) is 3.55. The van der Waals surface area contributed by atoms with E-state index in [9.17, 15) is 22.1 Å². The molecule has 19 heavy (non-hydrogen) atoms. The minimum Gasteiger partial charge on any atom is -0.461 e. The number of hydrogen-bond acceptors (Lipinski definition) is 3.